The lowest BCUT2D eigenvalue weighted by Crippen LogP contribution is -2.34. The molecule has 1 aromatic carbocycles. The molecule has 6 nitrogen and oxygen atoms in total. The first-order valence-corrected chi connectivity index (χ1v) is 6.84. The van der Waals surface area contributed by atoms with Crippen LogP contribution in [0, 0.1) is 0 Å². The smallest absolute Gasteiger partial charge is 0.240 e. The number of aliphatic hydroxyl groups is 1. The number of hydrogen-bond donors (Lipinski definition) is 3. The molecule has 0 aliphatic heterocycles. The number of carbonyl (C=O) groups excluding carboxylic acids is 1. The van der Waals surface area contributed by atoms with Crippen LogP contribution in [0.5, 0.6) is 0 Å². The van der Waals surface area contributed by atoms with Crippen LogP contribution >= 0.6 is 0 Å². The predicted molar refractivity (Wildman–Crippen MR) is 67.6 cm³/mol. The number of aliphatic hydroxyl groups excluding tert-OH is 1. The van der Waals surface area contributed by atoms with Crippen molar-refractivity contribution < 1.29 is 18.3 Å². The van der Waals surface area contributed by atoms with Gasteiger partial charge in [-0.15, -0.1) is 0 Å². The fraction of sp³-hybridized carbons (Fsp3) is 0.364. The SMILES string of the molecule is CC(=O)Nc1ccc(S(=O)(=O)N[C@@H](C)CO)cc1. The van der Waals surface area contributed by atoms with Gasteiger partial charge in [-0.05, 0) is 31.2 Å². The van der Waals surface area contributed by atoms with Crippen LogP contribution in [0.25, 0.3) is 0 Å². The summed E-state index contributed by atoms with van der Waals surface area (Å²) in [6.07, 6.45) is 0. The van der Waals surface area contributed by atoms with Crippen molar-refractivity contribution in [3.8, 4) is 0 Å². The quantitative estimate of drug-likeness (QED) is 0.718. The highest BCUT2D eigenvalue weighted by Crippen LogP contribution is 2.14. The summed E-state index contributed by atoms with van der Waals surface area (Å²) in [6.45, 7) is 2.65. The fourth-order valence-corrected chi connectivity index (χ4v) is 2.53. The van der Waals surface area contributed by atoms with Crippen LogP contribution in [-0.4, -0.2) is 32.1 Å². The molecule has 1 atom stereocenters. The van der Waals surface area contributed by atoms with E-state index in [9.17, 15) is 13.2 Å². The first-order chi connectivity index (χ1) is 8.35. The van der Waals surface area contributed by atoms with Gasteiger partial charge in [0.2, 0.25) is 15.9 Å². The summed E-state index contributed by atoms with van der Waals surface area (Å²) in [7, 11) is -3.64. The summed E-state index contributed by atoms with van der Waals surface area (Å²) in [5.74, 6) is -0.224. The van der Waals surface area contributed by atoms with Crippen molar-refractivity contribution in [2.24, 2.45) is 0 Å². The van der Waals surface area contributed by atoms with E-state index in [-0.39, 0.29) is 17.4 Å². The molecule has 0 fully saturated rings. The molecule has 0 spiro atoms. The van der Waals surface area contributed by atoms with Crippen molar-refractivity contribution in [1.82, 2.24) is 4.72 Å². The van der Waals surface area contributed by atoms with Crippen LogP contribution < -0.4 is 10.0 Å². The molecule has 0 bridgehead atoms. The maximum atomic E-state index is 11.8. The minimum Gasteiger partial charge on any atom is -0.395 e. The minimum absolute atomic E-state index is 0.0805. The van der Waals surface area contributed by atoms with Gasteiger partial charge in [-0.25, -0.2) is 13.1 Å². The Bertz CT molecular complexity index is 510. The summed E-state index contributed by atoms with van der Waals surface area (Å²) >= 11 is 0. The van der Waals surface area contributed by atoms with E-state index in [4.69, 9.17) is 5.11 Å². The zero-order valence-electron chi connectivity index (χ0n) is 10.2. The zero-order chi connectivity index (χ0) is 13.8. The standard InChI is InChI=1S/C11H16N2O4S/c1-8(7-14)13-18(16,17)11-5-3-10(4-6-11)12-9(2)15/h3-6,8,13-14H,7H2,1-2H3,(H,12,15)/t8-/m0/s1. The van der Waals surface area contributed by atoms with E-state index in [1.54, 1.807) is 6.92 Å². The van der Waals surface area contributed by atoms with Crippen molar-refractivity contribution >= 4 is 21.6 Å². The molecule has 7 heteroatoms. The lowest BCUT2D eigenvalue weighted by molar-refractivity contribution is -0.114. The second-order valence-corrected chi connectivity index (χ2v) is 5.62. The number of nitrogens with one attached hydrogen (secondary N) is 2. The third-order valence-electron chi connectivity index (χ3n) is 2.12. The molecule has 0 heterocycles. The minimum atomic E-state index is -3.64. The average molecular weight is 272 g/mol. The van der Waals surface area contributed by atoms with Gasteiger partial charge in [0.05, 0.1) is 11.5 Å². The third-order valence-corrected chi connectivity index (χ3v) is 3.72. The Kier molecular flexibility index (Phi) is 4.83. The van der Waals surface area contributed by atoms with Gasteiger partial charge >= 0.3 is 0 Å². The molecule has 1 aromatic rings. The highest BCUT2D eigenvalue weighted by Gasteiger charge is 2.16. The normalized spacial score (nSPS) is 13.1. The van der Waals surface area contributed by atoms with E-state index in [2.05, 4.69) is 10.0 Å². The first kappa shape index (κ1) is 14.6. The van der Waals surface area contributed by atoms with Crippen molar-refractivity contribution in [2.45, 2.75) is 24.8 Å². The summed E-state index contributed by atoms with van der Waals surface area (Å²) in [5, 5.41) is 11.4. The Balaban J connectivity index is 2.87. The van der Waals surface area contributed by atoms with Crippen LogP contribution in [-0.2, 0) is 14.8 Å². The molecule has 0 aliphatic carbocycles. The molecule has 3 N–H and O–H groups in total. The topological polar surface area (TPSA) is 95.5 Å². The van der Waals surface area contributed by atoms with E-state index < -0.39 is 16.1 Å². The lowest BCUT2D eigenvalue weighted by atomic mass is 10.3. The number of carbonyl (C=O) groups is 1. The van der Waals surface area contributed by atoms with Gasteiger partial charge in [-0.3, -0.25) is 4.79 Å². The van der Waals surface area contributed by atoms with Gasteiger partial charge in [0.25, 0.3) is 0 Å². The van der Waals surface area contributed by atoms with Crippen LogP contribution in [0.4, 0.5) is 5.69 Å². The number of benzene rings is 1. The third kappa shape index (κ3) is 4.10. The van der Waals surface area contributed by atoms with Gasteiger partial charge in [-0.1, -0.05) is 0 Å². The molecule has 1 rings (SSSR count). The van der Waals surface area contributed by atoms with Crippen LogP contribution in [0.2, 0.25) is 0 Å². The molecule has 0 unspecified atom stereocenters. The van der Waals surface area contributed by atoms with E-state index in [1.807, 2.05) is 0 Å². The van der Waals surface area contributed by atoms with Gasteiger partial charge in [0.15, 0.2) is 0 Å². The van der Waals surface area contributed by atoms with Crippen LogP contribution in [0.1, 0.15) is 13.8 Å². The number of rotatable bonds is 5. The molecule has 100 valence electrons. The maximum absolute atomic E-state index is 11.8. The van der Waals surface area contributed by atoms with E-state index in [0.717, 1.165) is 0 Å². The Morgan fingerprint density at radius 3 is 2.33 bits per heavy atom. The Morgan fingerprint density at radius 2 is 1.89 bits per heavy atom. The van der Waals surface area contributed by atoms with Crippen LogP contribution in [0.15, 0.2) is 29.2 Å². The monoisotopic (exact) mass is 272 g/mol. The fourth-order valence-electron chi connectivity index (χ4n) is 1.29. The van der Waals surface area contributed by atoms with Gasteiger partial charge in [0, 0.05) is 18.7 Å². The highest BCUT2D eigenvalue weighted by molar-refractivity contribution is 7.89. The summed E-state index contributed by atoms with van der Waals surface area (Å²) < 4.78 is 26.0. The summed E-state index contributed by atoms with van der Waals surface area (Å²) in [5.41, 5.74) is 0.525. The molecule has 0 aromatic heterocycles. The van der Waals surface area contributed by atoms with E-state index >= 15 is 0 Å². The largest absolute Gasteiger partial charge is 0.395 e. The van der Waals surface area contributed by atoms with Gasteiger partial charge in [0.1, 0.15) is 0 Å². The zero-order valence-corrected chi connectivity index (χ0v) is 11.0. The Hall–Kier alpha value is -1.44. The molecule has 0 saturated heterocycles. The molecule has 18 heavy (non-hydrogen) atoms. The molecule has 0 radical (unpaired) electrons. The molecule has 0 aliphatic rings. The van der Waals surface area contributed by atoms with Crippen LogP contribution in [0.3, 0.4) is 0 Å². The van der Waals surface area contributed by atoms with Gasteiger partial charge < -0.3 is 10.4 Å². The Morgan fingerprint density at radius 1 is 1.33 bits per heavy atom. The lowest BCUT2D eigenvalue weighted by Gasteiger charge is -2.11. The predicted octanol–water partition coefficient (Wildman–Crippen LogP) is 0.304. The highest BCUT2D eigenvalue weighted by atomic mass is 32.2. The molecular weight excluding hydrogens is 256 g/mol. The second-order valence-electron chi connectivity index (χ2n) is 3.91. The van der Waals surface area contributed by atoms with E-state index in [1.165, 1.54) is 31.2 Å². The maximum Gasteiger partial charge on any atom is 0.240 e. The summed E-state index contributed by atoms with van der Waals surface area (Å²) in [4.78, 5) is 10.9. The Labute approximate surface area is 106 Å². The van der Waals surface area contributed by atoms with Crippen molar-refractivity contribution in [3.63, 3.8) is 0 Å². The van der Waals surface area contributed by atoms with Crippen molar-refractivity contribution in [3.05, 3.63) is 24.3 Å². The molecule has 0 saturated carbocycles. The average Bonchev–Trinajstić information content (AvgIpc) is 2.28. The number of hydrogen-bond acceptors (Lipinski definition) is 4. The van der Waals surface area contributed by atoms with E-state index in [0.29, 0.717) is 5.69 Å². The number of amides is 1. The van der Waals surface area contributed by atoms with Crippen molar-refractivity contribution in [2.75, 3.05) is 11.9 Å². The molecular formula is C11H16N2O4S. The summed E-state index contributed by atoms with van der Waals surface area (Å²) in [6, 6.07) is 5.22. The molecule has 1 amide bonds. The van der Waals surface area contributed by atoms with Gasteiger partial charge in [-0.2, -0.15) is 0 Å². The second kappa shape index (κ2) is 5.94. The van der Waals surface area contributed by atoms with Crippen molar-refractivity contribution in [1.29, 1.82) is 0 Å². The number of anilines is 1. The number of sulfonamides is 1. The first-order valence-electron chi connectivity index (χ1n) is 5.36.